The topological polar surface area (TPSA) is 67.9 Å². The van der Waals surface area contributed by atoms with E-state index in [0.29, 0.717) is 17.0 Å². The molecule has 0 aromatic carbocycles. The molecule has 136 valence electrons. The third-order valence-electron chi connectivity index (χ3n) is 4.22. The van der Waals surface area contributed by atoms with E-state index >= 15 is 0 Å². The van der Waals surface area contributed by atoms with Gasteiger partial charge in [-0.2, -0.15) is 4.98 Å². The highest BCUT2D eigenvalue weighted by Gasteiger charge is 2.46. The highest BCUT2D eigenvalue weighted by atomic mass is 19.3. The third kappa shape index (κ3) is 3.83. The van der Waals surface area contributed by atoms with Crippen LogP contribution in [0.3, 0.4) is 0 Å². The predicted molar refractivity (Wildman–Crippen MR) is 92.7 cm³/mol. The van der Waals surface area contributed by atoms with Gasteiger partial charge in [-0.15, -0.1) is 0 Å². The standard InChI is InChI=1S/C19H15F2N5O/c1-26-12-19(20,21)10-16(26)18-24-17(25-27-18)15-8-6-13(11-23-15)5-7-14-4-2-3-9-22-14/h2-4,6,8-9,11,16H,10,12H2,1H3/t16-/m0/s1. The molecule has 0 radical (unpaired) electrons. The second kappa shape index (κ2) is 6.85. The first-order valence-electron chi connectivity index (χ1n) is 8.31. The number of nitrogens with zero attached hydrogens (tertiary/aromatic N) is 5. The highest BCUT2D eigenvalue weighted by molar-refractivity contribution is 5.50. The van der Waals surface area contributed by atoms with Crippen LogP contribution in [0, 0.1) is 11.8 Å². The van der Waals surface area contributed by atoms with E-state index in [1.165, 1.54) is 4.90 Å². The molecule has 1 saturated heterocycles. The van der Waals surface area contributed by atoms with E-state index in [2.05, 4.69) is 31.9 Å². The van der Waals surface area contributed by atoms with Crippen LogP contribution >= 0.6 is 0 Å². The summed E-state index contributed by atoms with van der Waals surface area (Å²) in [5.41, 5.74) is 1.87. The molecule has 1 aliphatic rings. The summed E-state index contributed by atoms with van der Waals surface area (Å²) in [6.45, 7) is -0.322. The molecule has 6 nitrogen and oxygen atoms in total. The maximum absolute atomic E-state index is 13.5. The molecule has 0 bridgehead atoms. The van der Waals surface area contributed by atoms with Gasteiger partial charge in [0.1, 0.15) is 11.4 Å². The summed E-state index contributed by atoms with van der Waals surface area (Å²) in [7, 11) is 1.61. The molecule has 8 heteroatoms. The summed E-state index contributed by atoms with van der Waals surface area (Å²) in [4.78, 5) is 14.2. The zero-order valence-electron chi connectivity index (χ0n) is 14.4. The summed E-state index contributed by atoms with van der Waals surface area (Å²) >= 11 is 0. The number of alkyl halides is 2. The Labute approximate surface area is 154 Å². The van der Waals surface area contributed by atoms with Crippen LogP contribution in [0.5, 0.6) is 0 Å². The Morgan fingerprint density at radius 2 is 2.07 bits per heavy atom. The van der Waals surface area contributed by atoms with Crippen molar-refractivity contribution in [2.75, 3.05) is 13.6 Å². The summed E-state index contributed by atoms with van der Waals surface area (Å²) < 4.78 is 32.3. The summed E-state index contributed by atoms with van der Waals surface area (Å²) in [6, 6.07) is 8.41. The number of pyridine rings is 2. The van der Waals surface area contributed by atoms with Gasteiger partial charge < -0.3 is 4.52 Å². The van der Waals surface area contributed by atoms with Crippen LogP contribution in [0.15, 0.2) is 47.2 Å². The van der Waals surface area contributed by atoms with Gasteiger partial charge in [0, 0.05) is 24.4 Å². The van der Waals surface area contributed by atoms with E-state index in [1.54, 1.807) is 31.6 Å². The molecule has 4 rings (SSSR count). The van der Waals surface area contributed by atoms with Gasteiger partial charge >= 0.3 is 0 Å². The first-order chi connectivity index (χ1) is 13.0. The summed E-state index contributed by atoms with van der Waals surface area (Å²) in [5, 5.41) is 3.87. The number of halogens is 2. The van der Waals surface area contributed by atoms with Crippen LogP contribution < -0.4 is 0 Å². The second-order valence-electron chi connectivity index (χ2n) is 6.34. The molecule has 3 aromatic rings. The molecule has 0 spiro atoms. The Kier molecular flexibility index (Phi) is 4.38. The van der Waals surface area contributed by atoms with Crippen molar-refractivity contribution < 1.29 is 13.3 Å². The summed E-state index contributed by atoms with van der Waals surface area (Å²) in [6.07, 6.45) is 2.94. The predicted octanol–water partition coefficient (Wildman–Crippen LogP) is 2.94. The molecular weight excluding hydrogens is 352 g/mol. The fourth-order valence-corrected chi connectivity index (χ4v) is 2.90. The number of rotatable bonds is 2. The maximum Gasteiger partial charge on any atom is 0.262 e. The molecule has 1 aliphatic heterocycles. The minimum Gasteiger partial charge on any atom is -0.337 e. The van der Waals surface area contributed by atoms with Gasteiger partial charge in [-0.1, -0.05) is 17.1 Å². The van der Waals surface area contributed by atoms with Crippen LogP contribution in [0.4, 0.5) is 8.78 Å². The van der Waals surface area contributed by atoms with Crippen LogP contribution in [0.25, 0.3) is 11.5 Å². The van der Waals surface area contributed by atoms with Crippen molar-refractivity contribution in [1.29, 1.82) is 0 Å². The third-order valence-corrected chi connectivity index (χ3v) is 4.22. The molecule has 1 atom stereocenters. The molecule has 0 N–H and O–H groups in total. The number of likely N-dealkylation sites (tertiary alicyclic amines) is 1. The molecule has 3 aromatic heterocycles. The zero-order valence-corrected chi connectivity index (χ0v) is 14.4. The molecule has 0 saturated carbocycles. The van der Waals surface area contributed by atoms with Crippen LogP contribution in [0.1, 0.15) is 29.6 Å². The van der Waals surface area contributed by atoms with E-state index < -0.39 is 12.0 Å². The maximum atomic E-state index is 13.5. The molecule has 0 unspecified atom stereocenters. The van der Waals surface area contributed by atoms with E-state index in [9.17, 15) is 8.78 Å². The Morgan fingerprint density at radius 3 is 2.74 bits per heavy atom. The van der Waals surface area contributed by atoms with Crippen LogP contribution in [0.2, 0.25) is 0 Å². The van der Waals surface area contributed by atoms with Gasteiger partial charge in [-0.25, -0.2) is 13.8 Å². The molecule has 0 aliphatic carbocycles. The van der Waals surface area contributed by atoms with Crippen molar-refractivity contribution in [3.05, 3.63) is 59.9 Å². The van der Waals surface area contributed by atoms with Crippen LogP contribution in [-0.4, -0.2) is 44.5 Å². The fourth-order valence-electron chi connectivity index (χ4n) is 2.90. The minimum atomic E-state index is -2.75. The van der Waals surface area contributed by atoms with E-state index in [-0.39, 0.29) is 24.7 Å². The molecule has 0 amide bonds. The van der Waals surface area contributed by atoms with E-state index in [1.807, 2.05) is 18.2 Å². The summed E-state index contributed by atoms with van der Waals surface area (Å²) in [5.74, 6) is 3.61. The molecular formula is C19H15F2N5O. The minimum absolute atomic E-state index is 0.172. The lowest BCUT2D eigenvalue weighted by Crippen LogP contribution is -2.22. The highest BCUT2D eigenvalue weighted by Crippen LogP contribution is 2.39. The van der Waals surface area contributed by atoms with Crippen molar-refractivity contribution in [2.45, 2.75) is 18.4 Å². The first-order valence-corrected chi connectivity index (χ1v) is 8.31. The normalized spacial score (nSPS) is 18.9. The smallest absolute Gasteiger partial charge is 0.262 e. The lowest BCUT2D eigenvalue weighted by Gasteiger charge is -2.13. The number of hydrogen-bond donors (Lipinski definition) is 0. The fraction of sp³-hybridized carbons (Fsp3) is 0.263. The van der Waals surface area contributed by atoms with Crippen molar-refractivity contribution >= 4 is 0 Å². The average Bonchev–Trinajstić information content (AvgIpc) is 3.25. The van der Waals surface area contributed by atoms with E-state index in [0.717, 1.165) is 0 Å². The van der Waals surface area contributed by atoms with Gasteiger partial charge in [0.25, 0.3) is 5.92 Å². The van der Waals surface area contributed by atoms with Gasteiger partial charge in [0.15, 0.2) is 0 Å². The monoisotopic (exact) mass is 367 g/mol. The van der Waals surface area contributed by atoms with Gasteiger partial charge in [-0.05, 0) is 37.2 Å². The van der Waals surface area contributed by atoms with E-state index in [4.69, 9.17) is 4.52 Å². The zero-order chi connectivity index (χ0) is 18.9. The van der Waals surface area contributed by atoms with Gasteiger partial charge in [0.2, 0.25) is 11.7 Å². The van der Waals surface area contributed by atoms with Crippen molar-refractivity contribution in [3.8, 4) is 23.4 Å². The number of hydrogen-bond acceptors (Lipinski definition) is 6. The largest absolute Gasteiger partial charge is 0.337 e. The van der Waals surface area contributed by atoms with Crippen LogP contribution in [-0.2, 0) is 0 Å². The Bertz CT molecular complexity index is 992. The van der Waals surface area contributed by atoms with Gasteiger partial charge in [0.05, 0.1) is 12.6 Å². The van der Waals surface area contributed by atoms with Gasteiger partial charge in [-0.3, -0.25) is 9.88 Å². The Hall–Kier alpha value is -3.18. The Morgan fingerprint density at radius 1 is 1.19 bits per heavy atom. The molecule has 1 fully saturated rings. The molecule has 27 heavy (non-hydrogen) atoms. The lowest BCUT2D eigenvalue weighted by molar-refractivity contribution is 0.0138. The van der Waals surface area contributed by atoms with Crippen molar-refractivity contribution in [1.82, 2.24) is 25.0 Å². The Balaban J connectivity index is 1.50. The van der Waals surface area contributed by atoms with Crippen molar-refractivity contribution in [2.24, 2.45) is 0 Å². The first kappa shape index (κ1) is 17.2. The second-order valence-corrected chi connectivity index (χ2v) is 6.34. The lowest BCUT2D eigenvalue weighted by atomic mass is 10.2. The quantitative estimate of drug-likeness (QED) is 0.649. The average molecular weight is 367 g/mol. The SMILES string of the molecule is CN1CC(F)(F)C[C@H]1c1nc(-c2ccc(C#Cc3ccccn3)cn2)no1. The molecule has 4 heterocycles. The van der Waals surface area contributed by atoms with Crippen molar-refractivity contribution in [3.63, 3.8) is 0 Å². The number of aromatic nitrogens is 4.